The van der Waals surface area contributed by atoms with E-state index in [0.717, 1.165) is 28.0 Å². The van der Waals surface area contributed by atoms with Crippen LogP contribution in [0.4, 0.5) is 13.9 Å². The van der Waals surface area contributed by atoms with Crippen LogP contribution in [-0.4, -0.2) is 24.8 Å². The van der Waals surface area contributed by atoms with E-state index in [2.05, 4.69) is 9.36 Å². The van der Waals surface area contributed by atoms with Crippen molar-refractivity contribution in [2.45, 2.75) is 4.90 Å². The van der Waals surface area contributed by atoms with Gasteiger partial charge in [0.05, 0.1) is 0 Å². The molecule has 0 aliphatic carbocycles. The molecule has 0 atom stereocenters. The van der Waals surface area contributed by atoms with E-state index in [1.54, 1.807) is 0 Å². The Hall–Kier alpha value is -1.61. The average molecular weight is 291 g/mol. The second kappa shape index (κ2) is 4.58. The van der Waals surface area contributed by atoms with E-state index in [0.29, 0.717) is 6.07 Å². The summed E-state index contributed by atoms with van der Waals surface area (Å²) in [7, 11) is -2.99. The third-order valence-electron chi connectivity index (χ3n) is 2.15. The Morgan fingerprint density at radius 1 is 1.33 bits per heavy atom. The summed E-state index contributed by atoms with van der Waals surface area (Å²) < 4.78 is 55.0. The molecule has 0 saturated heterocycles. The molecule has 0 radical (unpaired) electrons. The minimum Gasteiger partial charge on any atom is -0.243 e. The molecule has 0 spiro atoms. The fourth-order valence-corrected chi connectivity index (χ4v) is 3.15. The summed E-state index contributed by atoms with van der Waals surface area (Å²) in [4.78, 5) is 2.96. The molecule has 0 aliphatic heterocycles. The molecule has 9 heteroatoms. The minimum absolute atomic E-state index is 0.0682. The molecule has 1 aromatic heterocycles. The Kier molecular flexibility index (Phi) is 3.26. The lowest BCUT2D eigenvalue weighted by Crippen LogP contribution is -2.27. The molecule has 0 amide bonds. The van der Waals surface area contributed by atoms with Crippen LogP contribution in [-0.2, 0) is 10.0 Å². The van der Waals surface area contributed by atoms with Crippen molar-refractivity contribution < 1.29 is 17.2 Å². The lowest BCUT2D eigenvalue weighted by Gasteiger charge is -2.16. The van der Waals surface area contributed by atoms with E-state index >= 15 is 0 Å². The Balaban J connectivity index is 2.52. The van der Waals surface area contributed by atoms with Crippen LogP contribution in [0.25, 0.3) is 0 Å². The van der Waals surface area contributed by atoms with Crippen molar-refractivity contribution in [1.29, 1.82) is 0 Å². The van der Waals surface area contributed by atoms with Crippen molar-refractivity contribution >= 4 is 26.7 Å². The SMILES string of the molecule is CN(c1ncns1)S(=O)(=O)c1cc(F)ccc1F. The van der Waals surface area contributed by atoms with E-state index < -0.39 is 26.6 Å². The molecule has 0 aliphatic rings. The highest BCUT2D eigenvalue weighted by atomic mass is 32.2. The topological polar surface area (TPSA) is 63.2 Å². The third-order valence-corrected chi connectivity index (χ3v) is 4.77. The highest BCUT2D eigenvalue weighted by Gasteiger charge is 2.27. The van der Waals surface area contributed by atoms with Crippen molar-refractivity contribution in [2.75, 3.05) is 11.4 Å². The molecular formula is C9H7F2N3O2S2. The first kappa shape index (κ1) is 12.8. The van der Waals surface area contributed by atoms with Gasteiger partial charge in [-0.2, -0.15) is 4.37 Å². The summed E-state index contributed by atoms with van der Waals surface area (Å²) in [5.41, 5.74) is 0. The van der Waals surface area contributed by atoms with Crippen molar-refractivity contribution in [2.24, 2.45) is 0 Å². The summed E-state index contributed by atoms with van der Waals surface area (Å²) in [5.74, 6) is -1.85. The Morgan fingerprint density at radius 3 is 2.67 bits per heavy atom. The zero-order chi connectivity index (χ0) is 13.3. The summed E-state index contributed by atoms with van der Waals surface area (Å²) >= 11 is 0.832. The summed E-state index contributed by atoms with van der Waals surface area (Å²) in [6.45, 7) is 0. The van der Waals surface area contributed by atoms with Crippen molar-refractivity contribution in [1.82, 2.24) is 9.36 Å². The van der Waals surface area contributed by atoms with E-state index in [1.165, 1.54) is 13.4 Å². The van der Waals surface area contributed by atoms with Gasteiger partial charge in [0, 0.05) is 18.6 Å². The second-order valence-corrected chi connectivity index (χ2v) is 5.97. The van der Waals surface area contributed by atoms with Gasteiger partial charge in [-0.05, 0) is 18.2 Å². The molecule has 2 aromatic rings. The van der Waals surface area contributed by atoms with E-state index in [9.17, 15) is 17.2 Å². The fourth-order valence-electron chi connectivity index (χ4n) is 1.23. The van der Waals surface area contributed by atoms with Crippen molar-refractivity contribution in [3.05, 3.63) is 36.2 Å². The predicted octanol–water partition coefficient (Wildman–Crippen LogP) is 1.64. The predicted molar refractivity (Wildman–Crippen MR) is 61.9 cm³/mol. The quantitative estimate of drug-likeness (QED) is 0.862. The summed E-state index contributed by atoms with van der Waals surface area (Å²) in [5, 5.41) is 0.0682. The van der Waals surface area contributed by atoms with E-state index in [1.807, 2.05) is 0 Å². The first-order valence-corrected chi connectivity index (χ1v) is 6.85. The molecule has 0 saturated carbocycles. The Bertz CT molecular complexity index is 658. The van der Waals surface area contributed by atoms with Gasteiger partial charge < -0.3 is 0 Å². The summed E-state index contributed by atoms with van der Waals surface area (Å²) in [6.07, 6.45) is 1.17. The number of nitrogens with zero attached hydrogens (tertiary/aromatic N) is 3. The van der Waals surface area contributed by atoms with Gasteiger partial charge in [0.2, 0.25) is 5.13 Å². The largest absolute Gasteiger partial charge is 0.268 e. The zero-order valence-corrected chi connectivity index (χ0v) is 10.7. The maximum Gasteiger partial charge on any atom is 0.268 e. The van der Waals surface area contributed by atoms with Crippen LogP contribution >= 0.6 is 11.5 Å². The molecule has 0 bridgehead atoms. The number of rotatable bonds is 3. The molecule has 0 N–H and O–H groups in total. The van der Waals surface area contributed by atoms with Gasteiger partial charge in [-0.25, -0.2) is 26.5 Å². The molecule has 0 unspecified atom stereocenters. The first-order valence-electron chi connectivity index (χ1n) is 4.63. The number of sulfonamides is 1. The molecular weight excluding hydrogens is 284 g/mol. The molecule has 5 nitrogen and oxygen atoms in total. The minimum atomic E-state index is -4.19. The maximum atomic E-state index is 13.5. The maximum absolute atomic E-state index is 13.5. The third kappa shape index (κ3) is 2.18. The highest BCUT2D eigenvalue weighted by Crippen LogP contribution is 2.24. The van der Waals surface area contributed by atoms with Crippen LogP contribution in [0.5, 0.6) is 0 Å². The number of anilines is 1. The number of hydrogen-bond donors (Lipinski definition) is 0. The molecule has 1 heterocycles. The van der Waals surface area contributed by atoms with Crippen LogP contribution in [0.2, 0.25) is 0 Å². The normalized spacial score (nSPS) is 11.5. The number of hydrogen-bond acceptors (Lipinski definition) is 5. The van der Waals surface area contributed by atoms with Gasteiger partial charge in [-0.1, -0.05) is 0 Å². The number of benzene rings is 1. The van der Waals surface area contributed by atoms with Gasteiger partial charge in [0.15, 0.2) is 0 Å². The van der Waals surface area contributed by atoms with Gasteiger partial charge in [-0.3, -0.25) is 0 Å². The van der Waals surface area contributed by atoms with Crippen molar-refractivity contribution in [3.63, 3.8) is 0 Å². The van der Waals surface area contributed by atoms with Crippen LogP contribution in [0.3, 0.4) is 0 Å². The molecule has 2 rings (SSSR count). The Labute approximate surface area is 106 Å². The molecule has 18 heavy (non-hydrogen) atoms. The van der Waals surface area contributed by atoms with E-state index in [4.69, 9.17) is 0 Å². The fraction of sp³-hybridized carbons (Fsp3) is 0.111. The molecule has 96 valence electrons. The molecule has 1 aromatic carbocycles. The smallest absolute Gasteiger partial charge is 0.243 e. The van der Waals surface area contributed by atoms with Gasteiger partial charge in [-0.15, -0.1) is 0 Å². The van der Waals surface area contributed by atoms with Crippen LogP contribution < -0.4 is 4.31 Å². The van der Waals surface area contributed by atoms with Crippen molar-refractivity contribution in [3.8, 4) is 0 Å². The van der Waals surface area contributed by atoms with E-state index in [-0.39, 0.29) is 5.13 Å². The van der Waals surface area contributed by atoms with Gasteiger partial charge in [0.1, 0.15) is 22.9 Å². The van der Waals surface area contributed by atoms with Crippen LogP contribution in [0.1, 0.15) is 0 Å². The lowest BCUT2D eigenvalue weighted by molar-refractivity contribution is 0.552. The Morgan fingerprint density at radius 2 is 2.06 bits per heavy atom. The van der Waals surface area contributed by atoms with Gasteiger partial charge >= 0.3 is 0 Å². The first-order chi connectivity index (χ1) is 8.43. The highest BCUT2D eigenvalue weighted by molar-refractivity contribution is 7.93. The standard InChI is InChI=1S/C9H7F2N3O2S2/c1-14(9-12-5-13-17-9)18(15,16)8-4-6(10)2-3-7(8)11/h2-5H,1H3. The van der Waals surface area contributed by atoms with Crippen LogP contribution in [0.15, 0.2) is 29.4 Å². The van der Waals surface area contributed by atoms with Gasteiger partial charge in [0.25, 0.3) is 10.0 Å². The zero-order valence-electron chi connectivity index (χ0n) is 9.04. The monoisotopic (exact) mass is 291 g/mol. The number of aromatic nitrogens is 2. The lowest BCUT2D eigenvalue weighted by atomic mass is 10.3. The second-order valence-electron chi connectivity index (χ2n) is 3.27. The number of halogens is 2. The molecule has 0 fully saturated rings. The summed E-state index contributed by atoms with van der Waals surface area (Å²) in [6, 6.07) is 2.23. The van der Waals surface area contributed by atoms with Crippen LogP contribution in [0, 0.1) is 11.6 Å². The average Bonchev–Trinajstić information content (AvgIpc) is 2.84.